The zero-order chi connectivity index (χ0) is 28.5. The van der Waals surface area contributed by atoms with E-state index in [-0.39, 0.29) is 12.5 Å². The number of carbonyl (C=O) groups is 1. The summed E-state index contributed by atoms with van der Waals surface area (Å²) in [5.41, 5.74) is 5.36. The molecular weight excluding hydrogens is 571 g/mol. The van der Waals surface area contributed by atoms with Gasteiger partial charge in [0.1, 0.15) is 6.61 Å². The summed E-state index contributed by atoms with van der Waals surface area (Å²) < 4.78 is 13.2. The number of nitrogens with one attached hydrogen (secondary N) is 2. The number of aryl methyl sites for hydroxylation is 1. The zero-order valence-corrected chi connectivity index (χ0v) is 24.3. The molecule has 0 aliphatic carbocycles. The number of allylic oxidation sites excluding steroid dienone is 1. The molecular formula is C28H28Cl2N6O3S. The van der Waals surface area contributed by atoms with Crippen LogP contribution in [0, 0.1) is 6.92 Å². The van der Waals surface area contributed by atoms with Gasteiger partial charge in [-0.2, -0.15) is 5.10 Å². The van der Waals surface area contributed by atoms with Gasteiger partial charge in [0, 0.05) is 33.9 Å². The fraction of sp³-hybridized carbons (Fsp3) is 0.214. The van der Waals surface area contributed by atoms with Gasteiger partial charge in [-0.05, 0) is 55.8 Å². The van der Waals surface area contributed by atoms with Crippen molar-refractivity contribution in [3.05, 3.63) is 100 Å². The molecule has 0 fully saturated rings. The zero-order valence-electron chi connectivity index (χ0n) is 21.9. The molecule has 1 unspecified atom stereocenters. The first-order valence-electron chi connectivity index (χ1n) is 12.3. The first kappa shape index (κ1) is 29.3. The number of rotatable bonds is 13. The average Bonchev–Trinajstić information content (AvgIpc) is 3.55. The lowest BCUT2D eigenvalue weighted by molar-refractivity contribution is -0.120. The minimum atomic E-state index is -0.489. The van der Waals surface area contributed by atoms with Crippen LogP contribution in [0.2, 0.25) is 10.0 Å². The predicted octanol–water partition coefficient (Wildman–Crippen LogP) is 6.49. The van der Waals surface area contributed by atoms with Crippen LogP contribution in [-0.4, -0.2) is 32.1 Å². The highest BCUT2D eigenvalue weighted by molar-refractivity contribution is 8.00. The van der Waals surface area contributed by atoms with Crippen molar-refractivity contribution in [2.75, 3.05) is 5.32 Å². The number of benzene rings is 2. The Hall–Kier alpha value is -3.73. The van der Waals surface area contributed by atoms with Crippen molar-refractivity contribution in [3.8, 4) is 5.95 Å². The van der Waals surface area contributed by atoms with Crippen LogP contribution in [-0.2, 0) is 24.5 Å². The molecule has 4 rings (SSSR count). The van der Waals surface area contributed by atoms with Crippen molar-refractivity contribution in [2.24, 2.45) is 5.10 Å². The number of hydrogen-bond donors (Lipinski definition) is 2. The monoisotopic (exact) mass is 598 g/mol. The van der Waals surface area contributed by atoms with E-state index in [1.807, 2.05) is 54.0 Å². The summed E-state index contributed by atoms with van der Waals surface area (Å²) in [5, 5.41) is 17.3. The second-order valence-corrected chi connectivity index (χ2v) is 10.8. The molecule has 0 bridgehead atoms. The summed E-state index contributed by atoms with van der Waals surface area (Å²) in [6.07, 6.45) is 3.16. The molecule has 208 valence electrons. The van der Waals surface area contributed by atoms with Crippen molar-refractivity contribution in [1.29, 1.82) is 0 Å². The van der Waals surface area contributed by atoms with Gasteiger partial charge in [0.15, 0.2) is 16.7 Å². The third-order valence-electron chi connectivity index (χ3n) is 5.73. The number of hydrazone groups is 1. The molecule has 2 N–H and O–H groups in total. The Morgan fingerprint density at radius 1 is 1.20 bits per heavy atom. The lowest BCUT2D eigenvalue weighted by Crippen LogP contribution is -2.27. The van der Waals surface area contributed by atoms with Crippen LogP contribution in [0.25, 0.3) is 0 Å². The number of halogens is 2. The number of nitrogens with zero attached hydrogens (tertiary/aromatic N) is 4. The normalized spacial score (nSPS) is 11.9. The standard InChI is InChI=1S/C28H28Cl2N6O3S/c1-4-14-36-25(16-31-21-10-8-20(29)9-11-21)33-35-28(36)40-19(3)27(37)34-32-15-22-12-13-26(39-22)38-17-23-18(2)6-5-7-24(23)30/h4-13,15,19,31H,1,14,16-17H2,2-3H3,(H,34,37)/b32-15+. The number of aromatic nitrogens is 3. The summed E-state index contributed by atoms with van der Waals surface area (Å²) in [5.74, 6) is 1.16. The van der Waals surface area contributed by atoms with Gasteiger partial charge in [0.2, 0.25) is 0 Å². The molecule has 0 aliphatic heterocycles. The Balaban J connectivity index is 1.29. The van der Waals surface area contributed by atoms with Crippen molar-refractivity contribution in [3.63, 3.8) is 0 Å². The molecule has 2 heterocycles. The molecule has 12 heteroatoms. The number of furan rings is 1. The van der Waals surface area contributed by atoms with Crippen LogP contribution >= 0.6 is 35.0 Å². The lowest BCUT2D eigenvalue weighted by atomic mass is 10.1. The molecule has 2 aromatic heterocycles. The van der Waals surface area contributed by atoms with E-state index in [0.29, 0.717) is 45.8 Å². The fourth-order valence-electron chi connectivity index (χ4n) is 3.53. The number of carbonyl (C=O) groups excluding carboxylic acids is 1. The van der Waals surface area contributed by atoms with E-state index in [1.165, 1.54) is 18.0 Å². The number of anilines is 1. The smallest absolute Gasteiger partial charge is 0.285 e. The highest BCUT2D eigenvalue weighted by atomic mass is 35.5. The van der Waals surface area contributed by atoms with E-state index < -0.39 is 5.25 Å². The summed E-state index contributed by atoms with van der Waals surface area (Å²) in [6, 6.07) is 16.4. The molecule has 1 amide bonds. The van der Waals surface area contributed by atoms with E-state index in [0.717, 1.165) is 16.8 Å². The second kappa shape index (κ2) is 14.1. The summed E-state index contributed by atoms with van der Waals surface area (Å²) in [6.45, 7) is 8.78. The quantitative estimate of drug-likeness (QED) is 0.0783. The third kappa shape index (κ3) is 7.91. The Bertz CT molecular complexity index is 1470. The van der Waals surface area contributed by atoms with Crippen molar-refractivity contribution >= 4 is 52.8 Å². The van der Waals surface area contributed by atoms with Gasteiger partial charge in [-0.15, -0.1) is 16.8 Å². The van der Waals surface area contributed by atoms with Crippen LogP contribution in [0.3, 0.4) is 0 Å². The van der Waals surface area contributed by atoms with Crippen molar-refractivity contribution < 1.29 is 13.9 Å². The van der Waals surface area contributed by atoms with Crippen LogP contribution in [0.5, 0.6) is 5.95 Å². The SMILES string of the molecule is C=CCn1c(CNc2ccc(Cl)cc2)nnc1SC(C)C(=O)N/N=C/c1ccc(OCc2c(C)cccc2Cl)o1. The topological polar surface area (TPSA) is 107 Å². The Labute approximate surface area is 246 Å². The number of thioether (sulfide) groups is 1. The first-order chi connectivity index (χ1) is 19.3. The van der Waals surface area contributed by atoms with E-state index in [2.05, 4.69) is 32.6 Å². The molecule has 0 aliphatic rings. The summed E-state index contributed by atoms with van der Waals surface area (Å²) in [7, 11) is 0. The molecule has 9 nitrogen and oxygen atoms in total. The van der Waals surface area contributed by atoms with E-state index in [4.69, 9.17) is 32.4 Å². The third-order valence-corrected chi connectivity index (χ3v) is 7.42. The van der Waals surface area contributed by atoms with Crippen molar-refractivity contribution in [2.45, 2.75) is 44.0 Å². The second-order valence-electron chi connectivity index (χ2n) is 8.63. The Morgan fingerprint density at radius 2 is 2.00 bits per heavy atom. The van der Waals surface area contributed by atoms with Crippen molar-refractivity contribution in [1.82, 2.24) is 20.2 Å². The number of amides is 1. The molecule has 0 saturated carbocycles. The van der Waals surface area contributed by atoms with Crippen LogP contribution in [0.1, 0.15) is 29.6 Å². The first-order valence-corrected chi connectivity index (χ1v) is 14.0. The molecule has 40 heavy (non-hydrogen) atoms. The number of hydrogen-bond acceptors (Lipinski definition) is 8. The van der Waals surface area contributed by atoms with Crippen LogP contribution < -0.4 is 15.5 Å². The van der Waals surface area contributed by atoms with Gasteiger partial charge in [0.05, 0.1) is 18.0 Å². The molecule has 2 aromatic carbocycles. The summed E-state index contributed by atoms with van der Waals surface area (Å²) in [4.78, 5) is 12.7. The highest BCUT2D eigenvalue weighted by Crippen LogP contribution is 2.24. The average molecular weight is 600 g/mol. The maximum atomic E-state index is 12.7. The molecule has 0 saturated heterocycles. The Morgan fingerprint density at radius 3 is 2.75 bits per heavy atom. The van der Waals surface area contributed by atoms with Gasteiger partial charge in [-0.1, -0.05) is 53.2 Å². The minimum absolute atomic E-state index is 0.274. The van der Waals surface area contributed by atoms with E-state index in [1.54, 1.807) is 25.1 Å². The predicted molar refractivity (Wildman–Crippen MR) is 159 cm³/mol. The Kier molecular flexibility index (Phi) is 10.3. The summed E-state index contributed by atoms with van der Waals surface area (Å²) >= 11 is 13.5. The maximum absolute atomic E-state index is 12.7. The van der Waals surface area contributed by atoms with E-state index >= 15 is 0 Å². The fourth-order valence-corrected chi connectivity index (χ4v) is 4.81. The minimum Gasteiger partial charge on any atom is -0.460 e. The van der Waals surface area contributed by atoms with Gasteiger partial charge in [-0.3, -0.25) is 4.79 Å². The van der Waals surface area contributed by atoms with Crippen LogP contribution in [0.4, 0.5) is 5.69 Å². The molecule has 0 spiro atoms. The maximum Gasteiger partial charge on any atom is 0.285 e. The lowest BCUT2D eigenvalue weighted by Gasteiger charge is -2.12. The molecule has 4 aromatic rings. The van der Waals surface area contributed by atoms with Gasteiger partial charge >= 0.3 is 0 Å². The van der Waals surface area contributed by atoms with Gasteiger partial charge in [0.25, 0.3) is 11.9 Å². The van der Waals surface area contributed by atoms with Crippen LogP contribution in [0.15, 0.2) is 81.9 Å². The van der Waals surface area contributed by atoms with Gasteiger partial charge < -0.3 is 19.0 Å². The number of ether oxygens (including phenoxy) is 1. The van der Waals surface area contributed by atoms with Gasteiger partial charge in [-0.25, -0.2) is 5.43 Å². The largest absolute Gasteiger partial charge is 0.460 e. The highest BCUT2D eigenvalue weighted by Gasteiger charge is 2.20. The molecule has 1 atom stereocenters. The van der Waals surface area contributed by atoms with E-state index in [9.17, 15) is 4.79 Å². The molecule has 0 radical (unpaired) electrons.